The van der Waals surface area contributed by atoms with Crippen molar-refractivity contribution in [1.29, 1.82) is 0 Å². The minimum atomic E-state index is -0.0976. The molecule has 0 atom stereocenters. The summed E-state index contributed by atoms with van der Waals surface area (Å²) in [5.41, 5.74) is 0.745. The van der Waals surface area contributed by atoms with Gasteiger partial charge < -0.3 is 8.94 Å². The molecule has 1 amide bonds. The molecule has 0 aromatic carbocycles. The highest BCUT2D eigenvalue weighted by atomic mass is 16.5. The Balaban J connectivity index is 1.57. The maximum Gasteiger partial charge on any atom is 0.240 e. The van der Waals surface area contributed by atoms with Crippen LogP contribution in [-0.4, -0.2) is 28.6 Å². The van der Waals surface area contributed by atoms with Crippen LogP contribution in [0.1, 0.15) is 24.3 Å². The molecule has 6 nitrogen and oxygen atoms in total. The van der Waals surface area contributed by atoms with Gasteiger partial charge >= 0.3 is 0 Å². The Hall–Kier alpha value is -2.08. The number of carbonyl (C=O) groups is 1. The molecule has 2 heterocycles. The van der Waals surface area contributed by atoms with Crippen LogP contribution in [0.4, 0.5) is 5.88 Å². The minimum absolute atomic E-state index is 0.0976. The summed E-state index contributed by atoms with van der Waals surface area (Å²) < 4.78 is 10.3. The fourth-order valence-corrected chi connectivity index (χ4v) is 2.14. The van der Waals surface area contributed by atoms with Crippen LogP contribution in [-0.2, 0) is 11.3 Å². The van der Waals surface area contributed by atoms with Gasteiger partial charge in [0.25, 0.3) is 0 Å². The largest absolute Gasteiger partial charge is 0.468 e. The van der Waals surface area contributed by atoms with Crippen molar-refractivity contribution < 1.29 is 13.7 Å². The number of aromatic nitrogens is 1. The molecular weight excluding hydrogens is 258 g/mol. The minimum Gasteiger partial charge on any atom is -0.468 e. The van der Waals surface area contributed by atoms with Gasteiger partial charge in [0.1, 0.15) is 5.76 Å². The molecule has 0 spiro atoms. The summed E-state index contributed by atoms with van der Waals surface area (Å²) in [7, 11) is 0. The van der Waals surface area contributed by atoms with Crippen molar-refractivity contribution in [1.82, 2.24) is 10.1 Å². The van der Waals surface area contributed by atoms with Crippen molar-refractivity contribution in [2.75, 3.05) is 11.9 Å². The summed E-state index contributed by atoms with van der Waals surface area (Å²) >= 11 is 0. The number of amides is 1. The molecule has 0 unspecified atom stereocenters. The van der Waals surface area contributed by atoms with E-state index in [0.717, 1.165) is 24.3 Å². The second-order valence-corrected chi connectivity index (χ2v) is 5.10. The predicted molar refractivity (Wildman–Crippen MR) is 72.0 cm³/mol. The molecule has 2 aromatic heterocycles. The molecular formula is C14H17N3O3. The number of hydrogen-bond donors (Lipinski definition) is 1. The van der Waals surface area contributed by atoms with Crippen molar-refractivity contribution in [2.45, 2.75) is 32.4 Å². The first kappa shape index (κ1) is 12.9. The van der Waals surface area contributed by atoms with Gasteiger partial charge in [-0.1, -0.05) is 5.16 Å². The van der Waals surface area contributed by atoms with Gasteiger partial charge in [0.05, 0.1) is 25.0 Å². The van der Waals surface area contributed by atoms with Crippen LogP contribution < -0.4 is 5.32 Å². The van der Waals surface area contributed by atoms with Crippen LogP contribution >= 0.6 is 0 Å². The number of rotatable bonds is 6. The SMILES string of the molecule is Cc1cc(NC(=O)CN(Cc2ccco2)C2CC2)on1. The smallest absolute Gasteiger partial charge is 0.240 e. The number of carbonyl (C=O) groups excluding carboxylic acids is 1. The fourth-order valence-electron chi connectivity index (χ4n) is 2.14. The Labute approximate surface area is 116 Å². The van der Waals surface area contributed by atoms with Crippen LogP contribution in [0.15, 0.2) is 33.4 Å². The number of hydrogen-bond acceptors (Lipinski definition) is 5. The lowest BCUT2D eigenvalue weighted by Crippen LogP contribution is -2.34. The lowest BCUT2D eigenvalue weighted by molar-refractivity contribution is -0.117. The van der Waals surface area contributed by atoms with E-state index in [1.54, 1.807) is 12.3 Å². The maximum absolute atomic E-state index is 12.0. The second-order valence-electron chi connectivity index (χ2n) is 5.10. The van der Waals surface area contributed by atoms with Crippen LogP contribution in [0.25, 0.3) is 0 Å². The van der Waals surface area contributed by atoms with Gasteiger partial charge in [-0.2, -0.15) is 0 Å². The standard InChI is InChI=1S/C14H17N3O3/c1-10-7-14(20-16-10)15-13(18)9-17(11-4-5-11)8-12-3-2-6-19-12/h2-3,6-7,11H,4-5,8-9H2,1H3,(H,15,18). The lowest BCUT2D eigenvalue weighted by atomic mass is 10.3. The third kappa shape index (κ3) is 3.27. The third-order valence-corrected chi connectivity index (χ3v) is 3.24. The Morgan fingerprint density at radius 1 is 1.55 bits per heavy atom. The normalized spacial score (nSPS) is 14.7. The van der Waals surface area contributed by atoms with E-state index in [2.05, 4.69) is 15.4 Å². The van der Waals surface area contributed by atoms with Gasteiger partial charge in [-0.05, 0) is 31.9 Å². The van der Waals surface area contributed by atoms with Gasteiger partial charge in [-0.3, -0.25) is 15.0 Å². The molecule has 1 saturated carbocycles. The summed E-state index contributed by atoms with van der Waals surface area (Å²) in [5.74, 6) is 1.17. The number of nitrogens with zero attached hydrogens (tertiary/aromatic N) is 2. The van der Waals surface area contributed by atoms with Gasteiger partial charge in [0.15, 0.2) is 0 Å². The van der Waals surface area contributed by atoms with Crippen molar-refractivity contribution in [3.8, 4) is 0 Å². The zero-order chi connectivity index (χ0) is 13.9. The van der Waals surface area contributed by atoms with E-state index in [4.69, 9.17) is 8.94 Å². The summed E-state index contributed by atoms with van der Waals surface area (Å²) in [6.45, 7) is 2.79. The molecule has 3 rings (SSSR count). The summed E-state index contributed by atoms with van der Waals surface area (Å²) in [4.78, 5) is 14.1. The molecule has 106 valence electrons. The second kappa shape index (κ2) is 5.50. The number of furan rings is 1. The van der Waals surface area contributed by atoms with Crippen LogP contribution in [0.5, 0.6) is 0 Å². The zero-order valence-corrected chi connectivity index (χ0v) is 11.3. The summed E-state index contributed by atoms with van der Waals surface area (Å²) in [6, 6.07) is 5.96. The van der Waals surface area contributed by atoms with Crippen LogP contribution in [0.3, 0.4) is 0 Å². The van der Waals surface area contributed by atoms with Gasteiger partial charge in [-0.25, -0.2) is 0 Å². The Bertz CT molecular complexity index is 572. The fraction of sp³-hybridized carbons (Fsp3) is 0.429. The molecule has 2 aromatic rings. The first-order valence-corrected chi connectivity index (χ1v) is 6.70. The maximum atomic E-state index is 12.0. The molecule has 1 N–H and O–H groups in total. The van der Waals surface area contributed by atoms with E-state index >= 15 is 0 Å². The summed E-state index contributed by atoms with van der Waals surface area (Å²) in [5, 5.41) is 6.45. The molecule has 1 aliphatic rings. The van der Waals surface area contributed by atoms with Gasteiger partial charge in [0.2, 0.25) is 11.8 Å². The van der Waals surface area contributed by atoms with Gasteiger partial charge in [0, 0.05) is 12.1 Å². The third-order valence-electron chi connectivity index (χ3n) is 3.24. The molecule has 0 bridgehead atoms. The Morgan fingerprint density at radius 2 is 2.40 bits per heavy atom. The van der Waals surface area contributed by atoms with E-state index in [9.17, 15) is 4.79 Å². The highest BCUT2D eigenvalue weighted by molar-refractivity contribution is 5.91. The van der Waals surface area contributed by atoms with E-state index in [1.807, 2.05) is 19.1 Å². The van der Waals surface area contributed by atoms with Crippen molar-refractivity contribution >= 4 is 11.8 Å². The number of nitrogens with one attached hydrogen (secondary N) is 1. The Morgan fingerprint density at radius 3 is 3.00 bits per heavy atom. The zero-order valence-electron chi connectivity index (χ0n) is 11.3. The average Bonchev–Trinajstić information content (AvgIpc) is 2.99. The molecule has 6 heteroatoms. The highest BCUT2D eigenvalue weighted by Crippen LogP contribution is 2.28. The van der Waals surface area contributed by atoms with E-state index < -0.39 is 0 Å². The first-order chi connectivity index (χ1) is 9.70. The lowest BCUT2D eigenvalue weighted by Gasteiger charge is -2.19. The molecule has 0 saturated heterocycles. The monoisotopic (exact) mass is 275 g/mol. The molecule has 1 aliphatic carbocycles. The highest BCUT2D eigenvalue weighted by Gasteiger charge is 2.31. The first-order valence-electron chi connectivity index (χ1n) is 6.70. The number of anilines is 1. The van der Waals surface area contributed by atoms with Gasteiger partial charge in [-0.15, -0.1) is 0 Å². The Kier molecular flexibility index (Phi) is 3.56. The van der Waals surface area contributed by atoms with Crippen molar-refractivity contribution in [2.24, 2.45) is 0 Å². The van der Waals surface area contributed by atoms with E-state index in [0.29, 0.717) is 25.0 Å². The van der Waals surface area contributed by atoms with Crippen molar-refractivity contribution in [3.63, 3.8) is 0 Å². The number of aryl methyl sites for hydroxylation is 1. The van der Waals surface area contributed by atoms with Crippen LogP contribution in [0.2, 0.25) is 0 Å². The average molecular weight is 275 g/mol. The molecule has 20 heavy (non-hydrogen) atoms. The quantitative estimate of drug-likeness (QED) is 0.874. The van der Waals surface area contributed by atoms with E-state index in [1.165, 1.54) is 0 Å². The molecule has 1 fully saturated rings. The molecule has 0 radical (unpaired) electrons. The summed E-state index contributed by atoms with van der Waals surface area (Å²) in [6.07, 6.45) is 3.92. The van der Waals surface area contributed by atoms with Crippen molar-refractivity contribution in [3.05, 3.63) is 35.9 Å². The van der Waals surface area contributed by atoms with Crippen LogP contribution in [0, 0.1) is 6.92 Å². The predicted octanol–water partition coefficient (Wildman–Crippen LogP) is 2.18. The molecule has 0 aliphatic heterocycles. The van der Waals surface area contributed by atoms with E-state index in [-0.39, 0.29) is 5.91 Å². The topological polar surface area (TPSA) is 71.5 Å².